The molecule has 0 spiro atoms. The van der Waals surface area contributed by atoms with Crippen molar-refractivity contribution in [1.82, 2.24) is 14.8 Å². The van der Waals surface area contributed by atoms with E-state index in [9.17, 15) is 4.79 Å². The monoisotopic (exact) mass is 399 g/mol. The fourth-order valence-corrected chi connectivity index (χ4v) is 5.01. The number of thiazole rings is 1. The molecular formula is C23H33N3OS. The van der Waals surface area contributed by atoms with Crippen LogP contribution in [0.2, 0.25) is 0 Å². The summed E-state index contributed by atoms with van der Waals surface area (Å²) in [5.74, 6) is 0.254. The Morgan fingerprint density at radius 1 is 1.14 bits per heavy atom. The fourth-order valence-electron chi connectivity index (χ4n) is 4.06. The van der Waals surface area contributed by atoms with Crippen LogP contribution in [0.3, 0.4) is 0 Å². The molecule has 1 saturated carbocycles. The highest BCUT2D eigenvalue weighted by atomic mass is 32.1. The zero-order valence-corrected chi connectivity index (χ0v) is 18.7. The molecule has 152 valence electrons. The van der Waals surface area contributed by atoms with Crippen LogP contribution in [0.1, 0.15) is 46.7 Å². The molecule has 1 aliphatic rings. The van der Waals surface area contributed by atoms with Crippen LogP contribution in [-0.4, -0.2) is 53.9 Å². The van der Waals surface area contributed by atoms with Gasteiger partial charge in [-0.15, -0.1) is 11.3 Å². The first kappa shape index (κ1) is 21.0. The molecule has 0 atom stereocenters. The normalized spacial score (nSPS) is 14.8. The predicted octanol–water partition coefficient (Wildman–Crippen LogP) is 4.61. The van der Waals surface area contributed by atoms with E-state index in [1.807, 2.05) is 6.92 Å². The van der Waals surface area contributed by atoms with Gasteiger partial charge in [0, 0.05) is 29.6 Å². The molecule has 1 aromatic carbocycles. The minimum absolute atomic E-state index is 0.254. The summed E-state index contributed by atoms with van der Waals surface area (Å²) >= 11 is 1.67. The fraction of sp³-hybridized carbons (Fsp3) is 0.565. The van der Waals surface area contributed by atoms with E-state index in [0.717, 1.165) is 47.1 Å². The lowest BCUT2D eigenvalue weighted by atomic mass is 10.0. The first-order chi connectivity index (χ1) is 13.3. The van der Waals surface area contributed by atoms with Gasteiger partial charge in [-0.05, 0) is 59.3 Å². The van der Waals surface area contributed by atoms with E-state index in [0.29, 0.717) is 12.5 Å². The van der Waals surface area contributed by atoms with E-state index in [1.54, 1.807) is 11.3 Å². The molecule has 1 heterocycles. The maximum atomic E-state index is 13.3. The number of hydrogen-bond acceptors (Lipinski definition) is 4. The number of rotatable bonds is 7. The summed E-state index contributed by atoms with van der Waals surface area (Å²) in [6.07, 6.45) is 5.22. The first-order valence-electron chi connectivity index (χ1n) is 10.3. The van der Waals surface area contributed by atoms with Gasteiger partial charge in [0.05, 0.1) is 17.1 Å². The molecule has 0 aliphatic heterocycles. The summed E-state index contributed by atoms with van der Waals surface area (Å²) in [6.45, 7) is 7.99. The largest absolute Gasteiger partial charge is 0.338 e. The van der Waals surface area contributed by atoms with Crippen molar-refractivity contribution in [3.63, 3.8) is 0 Å². The van der Waals surface area contributed by atoms with Crippen molar-refractivity contribution < 1.29 is 4.79 Å². The van der Waals surface area contributed by atoms with Crippen molar-refractivity contribution in [3.05, 3.63) is 39.2 Å². The van der Waals surface area contributed by atoms with Crippen molar-refractivity contribution in [3.8, 4) is 11.3 Å². The van der Waals surface area contributed by atoms with Gasteiger partial charge in [-0.3, -0.25) is 4.79 Å². The molecule has 28 heavy (non-hydrogen) atoms. The summed E-state index contributed by atoms with van der Waals surface area (Å²) in [5, 5.41) is 1.03. The average molecular weight is 400 g/mol. The highest BCUT2D eigenvalue weighted by Gasteiger charge is 2.28. The van der Waals surface area contributed by atoms with Crippen molar-refractivity contribution in [1.29, 1.82) is 0 Å². The molecule has 1 aromatic heterocycles. The molecular weight excluding hydrogens is 366 g/mol. The quantitative estimate of drug-likeness (QED) is 0.682. The lowest BCUT2D eigenvalue weighted by Gasteiger charge is -2.30. The Hall–Kier alpha value is -1.72. The molecule has 0 saturated heterocycles. The molecule has 0 N–H and O–H groups in total. The molecule has 5 heteroatoms. The summed E-state index contributed by atoms with van der Waals surface area (Å²) in [6, 6.07) is 6.88. The number of likely N-dealkylation sites (N-methyl/N-ethyl adjacent to an activating group) is 1. The topological polar surface area (TPSA) is 36.4 Å². The van der Waals surface area contributed by atoms with Gasteiger partial charge in [0.1, 0.15) is 0 Å². The van der Waals surface area contributed by atoms with Gasteiger partial charge >= 0.3 is 0 Å². The van der Waals surface area contributed by atoms with E-state index in [2.05, 4.69) is 55.9 Å². The lowest BCUT2D eigenvalue weighted by Crippen LogP contribution is -2.43. The van der Waals surface area contributed by atoms with Gasteiger partial charge in [0.2, 0.25) is 5.91 Å². The second kappa shape index (κ2) is 9.19. The van der Waals surface area contributed by atoms with E-state index < -0.39 is 0 Å². The molecule has 0 bridgehead atoms. The summed E-state index contributed by atoms with van der Waals surface area (Å²) < 4.78 is 0. The Morgan fingerprint density at radius 2 is 1.86 bits per heavy atom. The van der Waals surface area contributed by atoms with Gasteiger partial charge in [-0.1, -0.05) is 30.5 Å². The summed E-state index contributed by atoms with van der Waals surface area (Å²) in [7, 11) is 4.14. The number of hydrogen-bond donors (Lipinski definition) is 0. The molecule has 1 fully saturated rings. The van der Waals surface area contributed by atoms with Crippen molar-refractivity contribution >= 4 is 17.2 Å². The number of benzene rings is 1. The Morgan fingerprint density at radius 3 is 2.54 bits per heavy atom. The van der Waals surface area contributed by atoms with Gasteiger partial charge < -0.3 is 9.80 Å². The lowest BCUT2D eigenvalue weighted by molar-refractivity contribution is -0.132. The second-order valence-corrected chi connectivity index (χ2v) is 9.62. The molecule has 1 aliphatic carbocycles. The molecule has 3 rings (SSSR count). The first-order valence-corrected chi connectivity index (χ1v) is 11.1. The van der Waals surface area contributed by atoms with Gasteiger partial charge in [0.25, 0.3) is 0 Å². The Balaban J connectivity index is 1.85. The van der Waals surface area contributed by atoms with E-state index >= 15 is 0 Å². The van der Waals surface area contributed by atoms with Crippen LogP contribution >= 0.6 is 11.3 Å². The zero-order valence-electron chi connectivity index (χ0n) is 17.9. The summed E-state index contributed by atoms with van der Waals surface area (Å²) in [5.41, 5.74) is 4.59. The minimum atomic E-state index is 0.254. The van der Waals surface area contributed by atoms with Crippen LogP contribution in [-0.2, 0) is 11.2 Å². The number of aryl methyl sites for hydroxylation is 3. The third-order valence-electron chi connectivity index (χ3n) is 5.64. The SMILES string of the molecule is Cc1ccc(C)c(-c2nc(C)sc2CC(=O)N(CCN(C)C)C2CCCC2)c1. The predicted molar refractivity (Wildman–Crippen MR) is 118 cm³/mol. The molecule has 2 aromatic rings. The van der Waals surface area contributed by atoms with E-state index in [4.69, 9.17) is 4.98 Å². The third kappa shape index (κ3) is 5.00. The van der Waals surface area contributed by atoms with Crippen molar-refractivity contribution in [2.45, 2.75) is 58.9 Å². The van der Waals surface area contributed by atoms with Crippen LogP contribution in [0.25, 0.3) is 11.3 Å². The summed E-state index contributed by atoms with van der Waals surface area (Å²) in [4.78, 5) is 23.6. The standard InChI is InChI=1S/C23H33N3OS/c1-16-10-11-17(2)20(14-16)23-21(28-18(3)24-23)15-22(27)26(13-12-25(4)5)19-8-6-7-9-19/h10-11,14,19H,6-9,12-13,15H2,1-5H3. The second-order valence-electron chi connectivity index (χ2n) is 8.33. The molecule has 0 radical (unpaired) electrons. The zero-order chi connectivity index (χ0) is 20.3. The number of aromatic nitrogens is 1. The highest BCUT2D eigenvalue weighted by Crippen LogP contribution is 2.32. The van der Waals surface area contributed by atoms with Crippen LogP contribution in [0, 0.1) is 20.8 Å². The number of carbonyl (C=O) groups excluding carboxylic acids is 1. The number of amides is 1. The van der Waals surface area contributed by atoms with Crippen LogP contribution < -0.4 is 0 Å². The van der Waals surface area contributed by atoms with Crippen molar-refractivity contribution in [2.75, 3.05) is 27.2 Å². The molecule has 4 nitrogen and oxygen atoms in total. The van der Waals surface area contributed by atoms with Gasteiger partial charge in [0.15, 0.2) is 0 Å². The number of carbonyl (C=O) groups is 1. The molecule has 1 amide bonds. The Bertz CT molecular complexity index is 821. The Labute approximate surface area is 173 Å². The maximum Gasteiger partial charge on any atom is 0.228 e. The van der Waals surface area contributed by atoms with Crippen molar-refractivity contribution in [2.24, 2.45) is 0 Å². The Kier molecular flexibility index (Phi) is 6.89. The number of nitrogens with zero attached hydrogens (tertiary/aromatic N) is 3. The van der Waals surface area contributed by atoms with Gasteiger partial charge in [-0.2, -0.15) is 0 Å². The van der Waals surface area contributed by atoms with Gasteiger partial charge in [-0.25, -0.2) is 4.98 Å². The third-order valence-corrected chi connectivity index (χ3v) is 6.61. The van der Waals surface area contributed by atoms with E-state index in [-0.39, 0.29) is 5.91 Å². The smallest absolute Gasteiger partial charge is 0.228 e. The maximum absolute atomic E-state index is 13.3. The highest BCUT2D eigenvalue weighted by molar-refractivity contribution is 7.12. The molecule has 0 unspecified atom stereocenters. The van der Waals surface area contributed by atoms with Crippen LogP contribution in [0.4, 0.5) is 0 Å². The van der Waals surface area contributed by atoms with Crippen LogP contribution in [0.15, 0.2) is 18.2 Å². The average Bonchev–Trinajstić information content (AvgIpc) is 3.27. The van der Waals surface area contributed by atoms with E-state index in [1.165, 1.54) is 24.0 Å². The van der Waals surface area contributed by atoms with Crippen LogP contribution in [0.5, 0.6) is 0 Å². The minimum Gasteiger partial charge on any atom is -0.338 e.